The molecule has 2 rings (SSSR count). The second-order valence-corrected chi connectivity index (χ2v) is 6.65. The van der Waals surface area contributed by atoms with E-state index < -0.39 is 18.2 Å². The Bertz CT molecular complexity index is 850. The molecule has 158 valence electrons. The molecular weight excluding hydrogens is 391 g/mol. The van der Waals surface area contributed by atoms with Crippen LogP contribution in [0.3, 0.4) is 0 Å². The number of rotatable bonds is 7. The van der Waals surface area contributed by atoms with Crippen molar-refractivity contribution in [3.05, 3.63) is 69.8 Å². The molecule has 0 N–H and O–H groups in total. The maximum atomic E-state index is 13.4. The summed E-state index contributed by atoms with van der Waals surface area (Å²) >= 11 is 0. The van der Waals surface area contributed by atoms with E-state index in [0.717, 1.165) is 22.3 Å². The lowest BCUT2D eigenvalue weighted by atomic mass is 9.84. The zero-order valence-electron chi connectivity index (χ0n) is 17.8. The molecule has 6 nitrogen and oxygen atoms in total. The van der Waals surface area contributed by atoms with Crippen LogP contribution < -0.4 is 0 Å². The van der Waals surface area contributed by atoms with Crippen molar-refractivity contribution in [2.24, 2.45) is 0 Å². The molecule has 0 heterocycles. The van der Waals surface area contributed by atoms with Crippen LogP contribution >= 0.6 is 9.12 Å². The SMILES string of the molecule is COC(C)OOC(=O)C(C(=O)c1c(C)cc(C)c(C)c1C)c1ccccc1.O=[PH3]. The molecule has 0 aliphatic heterocycles. The highest BCUT2D eigenvalue weighted by Gasteiger charge is 2.34. The lowest BCUT2D eigenvalue weighted by Crippen LogP contribution is -2.27. The molecule has 0 radical (unpaired) electrons. The van der Waals surface area contributed by atoms with Gasteiger partial charge in [0.15, 0.2) is 12.1 Å². The molecule has 0 aromatic heterocycles. The zero-order valence-corrected chi connectivity index (χ0v) is 19.2. The van der Waals surface area contributed by atoms with E-state index in [1.807, 2.05) is 39.8 Å². The normalized spacial score (nSPS) is 12.5. The topological polar surface area (TPSA) is 78.9 Å². The molecule has 2 aromatic carbocycles. The van der Waals surface area contributed by atoms with E-state index in [2.05, 4.69) is 0 Å². The molecule has 0 amide bonds. The predicted molar refractivity (Wildman–Crippen MR) is 114 cm³/mol. The number of hydrogen-bond donors (Lipinski definition) is 0. The number of ether oxygens (including phenoxy) is 1. The van der Waals surface area contributed by atoms with Crippen LogP contribution in [0.15, 0.2) is 36.4 Å². The maximum absolute atomic E-state index is 13.4. The molecule has 2 aromatic rings. The lowest BCUT2D eigenvalue weighted by molar-refractivity contribution is -0.342. The van der Waals surface area contributed by atoms with Gasteiger partial charge in [0.2, 0.25) is 0 Å². The van der Waals surface area contributed by atoms with E-state index in [-0.39, 0.29) is 5.78 Å². The Morgan fingerprint density at radius 3 is 2.07 bits per heavy atom. The van der Waals surface area contributed by atoms with Crippen LogP contribution in [0.1, 0.15) is 51.0 Å². The van der Waals surface area contributed by atoms with Gasteiger partial charge in [-0.05, 0) is 62.4 Å². The number of methoxy groups -OCH3 is 1. The van der Waals surface area contributed by atoms with Crippen molar-refractivity contribution in [2.45, 2.75) is 46.8 Å². The fraction of sp³-hybridized carbons (Fsp3) is 0.364. The van der Waals surface area contributed by atoms with E-state index in [1.54, 1.807) is 31.2 Å². The smallest absolute Gasteiger partial charge is 0.352 e. The molecule has 0 saturated carbocycles. The summed E-state index contributed by atoms with van der Waals surface area (Å²) in [5.74, 6) is -2.19. The van der Waals surface area contributed by atoms with Gasteiger partial charge < -0.3 is 9.30 Å². The van der Waals surface area contributed by atoms with Crippen LogP contribution in [0, 0.1) is 27.7 Å². The predicted octanol–water partition coefficient (Wildman–Crippen LogP) is 4.29. The highest BCUT2D eigenvalue weighted by Crippen LogP contribution is 2.29. The fourth-order valence-electron chi connectivity index (χ4n) is 3.05. The molecule has 0 bridgehead atoms. The minimum atomic E-state index is -1.12. The van der Waals surface area contributed by atoms with Crippen molar-refractivity contribution >= 4 is 20.9 Å². The number of carbonyl (C=O) groups is 2. The third-order valence-electron chi connectivity index (χ3n) is 4.83. The van der Waals surface area contributed by atoms with E-state index in [9.17, 15) is 9.59 Å². The van der Waals surface area contributed by atoms with Crippen LogP contribution in [0.5, 0.6) is 0 Å². The van der Waals surface area contributed by atoms with Crippen LogP contribution in [-0.4, -0.2) is 25.2 Å². The number of carbonyl (C=O) groups excluding carboxylic acids is 2. The van der Waals surface area contributed by atoms with Gasteiger partial charge in [0.1, 0.15) is 5.92 Å². The van der Waals surface area contributed by atoms with Gasteiger partial charge in [-0.15, -0.1) is 0 Å². The molecule has 0 saturated heterocycles. The van der Waals surface area contributed by atoms with E-state index in [4.69, 9.17) is 19.1 Å². The Morgan fingerprint density at radius 1 is 0.931 bits per heavy atom. The molecule has 29 heavy (non-hydrogen) atoms. The first-order valence-corrected chi connectivity index (χ1v) is 9.71. The van der Waals surface area contributed by atoms with Crippen molar-refractivity contribution < 1.29 is 28.7 Å². The van der Waals surface area contributed by atoms with E-state index >= 15 is 0 Å². The summed E-state index contributed by atoms with van der Waals surface area (Å²) in [5.41, 5.74) is 4.95. The third kappa shape index (κ3) is 6.10. The van der Waals surface area contributed by atoms with Crippen molar-refractivity contribution in [3.63, 3.8) is 0 Å². The summed E-state index contributed by atoms with van der Waals surface area (Å²) in [5, 5.41) is 0. The zero-order chi connectivity index (χ0) is 22.1. The van der Waals surface area contributed by atoms with Crippen LogP contribution in [0.25, 0.3) is 0 Å². The molecule has 7 heteroatoms. The number of ketones is 1. The summed E-state index contributed by atoms with van der Waals surface area (Å²) in [7, 11) is 2.04. The molecule has 0 aliphatic rings. The minimum absolute atomic E-state index is 0.307. The number of hydrogen-bond acceptors (Lipinski definition) is 6. The van der Waals surface area contributed by atoms with Crippen LogP contribution in [-0.2, 0) is 23.9 Å². The van der Waals surface area contributed by atoms with Crippen molar-refractivity contribution in [2.75, 3.05) is 7.11 Å². The number of aryl methyl sites for hydroxylation is 2. The Kier molecular flexibility index (Phi) is 9.96. The van der Waals surface area contributed by atoms with Crippen molar-refractivity contribution in [1.29, 1.82) is 0 Å². The monoisotopic (exact) mass is 420 g/mol. The van der Waals surface area contributed by atoms with Gasteiger partial charge in [-0.2, -0.15) is 4.89 Å². The molecule has 3 atom stereocenters. The first-order valence-electron chi connectivity index (χ1n) is 9.13. The second kappa shape index (κ2) is 11.7. The summed E-state index contributed by atoms with van der Waals surface area (Å²) < 4.78 is 13.2. The third-order valence-corrected chi connectivity index (χ3v) is 4.83. The average Bonchev–Trinajstić information content (AvgIpc) is 2.72. The van der Waals surface area contributed by atoms with Gasteiger partial charge in [0, 0.05) is 12.7 Å². The van der Waals surface area contributed by atoms with Crippen LogP contribution in [0.2, 0.25) is 0 Å². The Balaban J connectivity index is 0.00000204. The van der Waals surface area contributed by atoms with Crippen molar-refractivity contribution in [3.8, 4) is 0 Å². The maximum Gasteiger partial charge on any atom is 0.357 e. The van der Waals surface area contributed by atoms with Crippen molar-refractivity contribution in [1.82, 2.24) is 0 Å². The first-order chi connectivity index (χ1) is 13.8. The first kappa shape index (κ1) is 24.8. The number of benzene rings is 2. The largest absolute Gasteiger partial charge is 0.357 e. The fourth-order valence-corrected chi connectivity index (χ4v) is 3.05. The summed E-state index contributed by atoms with van der Waals surface area (Å²) in [6.45, 7) is 9.35. The van der Waals surface area contributed by atoms with E-state index in [0.29, 0.717) is 20.2 Å². The highest BCUT2D eigenvalue weighted by molar-refractivity contribution is 7.00. The molecule has 0 aliphatic carbocycles. The molecular formula is C22H29O6P. The van der Waals surface area contributed by atoms with Gasteiger partial charge >= 0.3 is 5.97 Å². The molecule has 0 spiro atoms. The Labute approximate surface area is 173 Å². The number of Topliss-reactive ketones (excluding diaryl/α,β-unsaturated/α-hetero) is 1. The van der Waals surface area contributed by atoms with Gasteiger partial charge in [-0.25, -0.2) is 4.79 Å². The van der Waals surface area contributed by atoms with Crippen LogP contribution in [0.4, 0.5) is 0 Å². The van der Waals surface area contributed by atoms with E-state index in [1.165, 1.54) is 7.11 Å². The standard InChI is InChI=1S/C22H26O5.H3OP/c1-13-12-14(2)19(16(4)15(13)3)21(23)20(18-10-8-7-9-11-18)22(24)27-26-17(5)25-6;1-2/h7-12,17,20H,1-6H3;2H3. The summed E-state index contributed by atoms with van der Waals surface area (Å²) in [6, 6.07) is 10.8. The average molecular weight is 420 g/mol. The van der Waals surface area contributed by atoms with Gasteiger partial charge in [0.25, 0.3) is 0 Å². The highest BCUT2D eigenvalue weighted by atomic mass is 31.0. The summed E-state index contributed by atoms with van der Waals surface area (Å²) in [6.07, 6.45) is -0.731. The summed E-state index contributed by atoms with van der Waals surface area (Å²) in [4.78, 5) is 36.0. The molecule has 0 fully saturated rings. The quantitative estimate of drug-likeness (QED) is 0.166. The minimum Gasteiger partial charge on any atom is -0.352 e. The lowest BCUT2D eigenvalue weighted by Gasteiger charge is -2.20. The van der Waals surface area contributed by atoms with Gasteiger partial charge in [-0.1, -0.05) is 36.4 Å². The Hall–Kier alpha value is -2.27. The Morgan fingerprint density at radius 2 is 1.52 bits per heavy atom. The van der Waals surface area contributed by atoms with Gasteiger partial charge in [-0.3, -0.25) is 9.68 Å². The second-order valence-electron chi connectivity index (χ2n) is 6.65. The molecule has 3 unspecified atom stereocenters. The van der Waals surface area contributed by atoms with Gasteiger partial charge in [0.05, 0.1) is 9.12 Å².